The number of nitrogens with one attached hydrogen (secondary N) is 1. The molecule has 1 N–H and O–H groups in total. The number of likely N-dealkylation sites (tertiary alicyclic amines) is 2. The van der Waals surface area contributed by atoms with E-state index < -0.39 is 17.5 Å². The Morgan fingerprint density at radius 1 is 1.16 bits per heavy atom. The zero-order valence-electron chi connectivity index (χ0n) is 15.8. The minimum Gasteiger partial charge on any atom is -0.352 e. The average molecular weight is 363 g/mol. The lowest BCUT2D eigenvalue weighted by atomic mass is 9.73. The van der Waals surface area contributed by atoms with E-state index in [0.29, 0.717) is 19.1 Å². The molecule has 0 bridgehead atoms. The standard InChI is InChI=1S/C18H32F3N3O/c1-13(2)24-9-5-14(6-10-24)22-16(25)11-23-8-7-15(18(19,20)21)17(3,4)12-23/h13-15H,5-12H2,1-4H3,(H,22,25)/t15-/m0/s1. The molecule has 25 heavy (non-hydrogen) atoms. The van der Waals surface area contributed by atoms with Crippen molar-refractivity contribution >= 4 is 5.91 Å². The molecule has 0 unspecified atom stereocenters. The molecule has 0 aromatic carbocycles. The number of hydrogen-bond donors (Lipinski definition) is 1. The Bertz CT molecular complexity index is 457. The lowest BCUT2D eigenvalue weighted by Gasteiger charge is -2.44. The van der Waals surface area contributed by atoms with Gasteiger partial charge in [0.05, 0.1) is 12.5 Å². The summed E-state index contributed by atoms with van der Waals surface area (Å²) in [6, 6.07) is 0.706. The molecule has 4 nitrogen and oxygen atoms in total. The van der Waals surface area contributed by atoms with Crippen LogP contribution in [0, 0.1) is 11.3 Å². The summed E-state index contributed by atoms with van der Waals surface area (Å²) >= 11 is 0. The maximum Gasteiger partial charge on any atom is 0.392 e. The largest absolute Gasteiger partial charge is 0.392 e. The van der Waals surface area contributed by atoms with E-state index in [9.17, 15) is 18.0 Å². The maximum atomic E-state index is 13.1. The second-order valence-corrected chi connectivity index (χ2v) is 8.55. The van der Waals surface area contributed by atoms with Gasteiger partial charge in [-0.1, -0.05) is 13.8 Å². The Labute approximate surface area is 149 Å². The number of amides is 1. The zero-order chi connectivity index (χ0) is 18.8. The summed E-state index contributed by atoms with van der Waals surface area (Å²) < 4.78 is 39.4. The molecule has 0 radical (unpaired) electrons. The molecule has 1 atom stereocenters. The van der Waals surface area contributed by atoms with Crippen molar-refractivity contribution in [1.82, 2.24) is 15.1 Å². The van der Waals surface area contributed by atoms with Gasteiger partial charge in [-0.2, -0.15) is 13.2 Å². The number of piperidine rings is 2. The molecule has 1 amide bonds. The smallest absolute Gasteiger partial charge is 0.352 e. The van der Waals surface area contributed by atoms with Crippen LogP contribution in [0.25, 0.3) is 0 Å². The van der Waals surface area contributed by atoms with E-state index in [1.54, 1.807) is 13.8 Å². The molecule has 0 saturated carbocycles. The van der Waals surface area contributed by atoms with E-state index in [4.69, 9.17) is 0 Å². The molecule has 0 aliphatic carbocycles. The number of nitrogens with zero attached hydrogens (tertiary/aromatic N) is 2. The molecule has 2 fully saturated rings. The zero-order valence-corrected chi connectivity index (χ0v) is 15.8. The number of carbonyl (C=O) groups is 1. The topological polar surface area (TPSA) is 35.6 Å². The first kappa shape index (κ1) is 20.5. The van der Waals surface area contributed by atoms with E-state index in [0.717, 1.165) is 25.9 Å². The van der Waals surface area contributed by atoms with Crippen molar-refractivity contribution in [2.24, 2.45) is 11.3 Å². The first-order valence-electron chi connectivity index (χ1n) is 9.31. The number of alkyl halides is 3. The predicted molar refractivity (Wildman–Crippen MR) is 92.3 cm³/mol. The average Bonchev–Trinajstić information content (AvgIpc) is 2.45. The van der Waals surface area contributed by atoms with Gasteiger partial charge in [0, 0.05) is 31.7 Å². The fourth-order valence-electron chi connectivity index (χ4n) is 4.25. The maximum absolute atomic E-state index is 13.1. The Balaban J connectivity index is 1.78. The van der Waals surface area contributed by atoms with Gasteiger partial charge in [0.2, 0.25) is 5.91 Å². The number of rotatable bonds is 4. The summed E-state index contributed by atoms with van der Waals surface area (Å²) in [7, 11) is 0. The third-order valence-corrected chi connectivity index (χ3v) is 5.70. The number of carbonyl (C=O) groups excluding carboxylic acids is 1. The van der Waals surface area contributed by atoms with Gasteiger partial charge in [0.15, 0.2) is 0 Å². The highest BCUT2D eigenvalue weighted by Crippen LogP contribution is 2.44. The van der Waals surface area contributed by atoms with Crippen molar-refractivity contribution in [2.45, 2.75) is 65.2 Å². The van der Waals surface area contributed by atoms with Crippen LogP contribution in [-0.2, 0) is 4.79 Å². The molecule has 2 aliphatic rings. The minimum atomic E-state index is -4.16. The molecule has 2 aliphatic heterocycles. The summed E-state index contributed by atoms with van der Waals surface area (Å²) in [4.78, 5) is 16.6. The summed E-state index contributed by atoms with van der Waals surface area (Å²) in [6.45, 7) is 10.4. The van der Waals surface area contributed by atoms with Gasteiger partial charge in [-0.15, -0.1) is 0 Å². The Morgan fingerprint density at radius 2 is 1.76 bits per heavy atom. The highest BCUT2D eigenvalue weighted by molar-refractivity contribution is 5.78. The summed E-state index contributed by atoms with van der Waals surface area (Å²) in [5.74, 6) is -1.36. The van der Waals surface area contributed by atoms with Gasteiger partial charge in [-0.05, 0) is 45.1 Å². The van der Waals surface area contributed by atoms with Gasteiger partial charge < -0.3 is 10.2 Å². The first-order chi connectivity index (χ1) is 11.5. The molecule has 2 rings (SSSR count). The van der Waals surface area contributed by atoms with Crippen LogP contribution >= 0.6 is 0 Å². The van der Waals surface area contributed by atoms with Crippen LogP contribution in [0.4, 0.5) is 13.2 Å². The highest BCUT2D eigenvalue weighted by atomic mass is 19.4. The van der Waals surface area contributed by atoms with E-state index in [1.165, 1.54) is 0 Å². The van der Waals surface area contributed by atoms with Crippen LogP contribution < -0.4 is 5.32 Å². The summed E-state index contributed by atoms with van der Waals surface area (Å²) in [6.07, 6.45) is -2.23. The molecule has 0 aromatic rings. The normalized spacial score (nSPS) is 26.8. The van der Waals surface area contributed by atoms with Crippen molar-refractivity contribution in [1.29, 1.82) is 0 Å². The molecule has 2 saturated heterocycles. The van der Waals surface area contributed by atoms with Gasteiger partial charge in [0.1, 0.15) is 0 Å². The van der Waals surface area contributed by atoms with Crippen molar-refractivity contribution in [3.05, 3.63) is 0 Å². The third kappa shape index (κ3) is 5.58. The van der Waals surface area contributed by atoms with Crippen molar-refractivity contribution < 1.29 is 18.0 Å². The summed E-state index contributed by atoms with van der Waals surface area (Å²) in [5.41, 5.74) is -0.862. The molecule has 146 valence electrons. The Kier molecular flexibility index (Phi) is 6.41. The van der Waals surface area contributed by atoms with Crippen molar-refractivity contribution in [3.63, 3.8) is 0 Å². The van der Waals surface area contributed by atoms with Gasteiger partial charge in [0.25, 0.3) is 0 Å². The third-order valence-electron chi connectivity index (χ3n) is 5.70. The molecule has 7 heteroatoms. The van der Waals surface area contributed by atoms with Gasteiger partial charge in [-0.3, -0.25) is 9.69 Å². The van der Waals surface area contributed by atoms with Crippen molar-refractivity contribution in [2.75, 3.05) is 32.7 Å². The SMILES string of the molecule is CC(C)N1CCC(NC(=O)CN2CC[C@H](C(F)(F)F)C(C)(C)C2)CC1. The molecular weight excluding hydrogens is 331 g/mol. The Morgan fingerprint density at radius 3 is 2.24 bits per heavy atom. The van der Waals surface area contributed by atoms with Crippen molar-refractivity contribution in [3.8, 4) is 0 Å². The van der Waals surface area contributed by atoms with Gasteiger partial charge >= 0.3 is 6.18 Å². The first-order valence-corrected chi connectivity index (χ1v) is 9.31. The van der Waals surface area contributed by atoms with Crippen LogP contribution in [-0.4, -0.2) is 66.7 Å². The molecular formula is C18H32F3N3O. The van der Waals surface area contributed by atoms with Gasteiger partial charge in [-0.25, -0.2) is 0 Å². The quantitative estimate of drug-likeness (QED) is 0.834. The van der Waals surface area contributed by atoms with Crippen LogP contribution in [0.15, 0.2) is 0 Å². The number of halogens is 3. The second-order valence-electron chi connectivity index (χ2n) is 8.55. The molecule has 0 spiro atoms. The molecule has 0 aromatic heterocycles. The lowest BCUT2D eigenvalue weighted by Crippen LogP contribution is -2.54. The molecule has 2 heterocycles. The fourth-order valence-corrected chi connectivity index (χ4v) is 4.25. The lowest BCUT2D eigenvalue weighted by molar-refractivity contribution is -0.216. The fraction of sp³-hybridized carbons (Fsp3) is 0.944. The van der Waals surface area contributed by atoms with Crippen LogP contribution in [0.2, 0.25) is 0 Å². The minimum absolute atomic E-state index is 0.0655. The monoisotopic (exact) mass is 363 g/mol. The van der Waals surface area contributed by atoms with Crippen LogP contribution in [0.3, 0.4) is 0 Å². The second kappa shape index (κ2) is 7.82. The Hall–Kier alpha value is -0.820. The highest BCUT2D eigenvalue weighted by Gasteiger charge is 2.51. The van der Waals surface area contributed by atoms with E-state index >= 15 is 0 Å². The van der Waals surface area contributed by atoms with E-state index in [1.807, 2.05) is 4.90 Å². The van der Waals surface area contributed by atoms with Crippen LogP contribution in [0.1, 0.15) is 47.0 Å². The predicted octanol–water partition coefficient (Wildman–Crippen LogP) is 2.89. The summed E-state index contributed by atoms with van der Waals surface area (Å²) in [5, 5.41) is 3.06. The van der Waals surface area contributed by atoms with Crippen LogP contribution in [0.5, 0.6) is 0 Å². The van der Waals surface area contributed by atoms with E-state index in [-0.39, 0.29) is 24.9 Å². The number of hydrogen-bond acceptors (Lipinski definition) is 3. The van der Waals surface area contributed by atoms with E-state index in [2.05, 4.69) is 24.1 Å².